The summed E-state index contributed by atoms with van der Waals surface area (Å²) in [7, 11) is 0. The molecule has 0 bridgehead atoms. The van der Waals surface area contributed by atoms with Crippen molar-refractivity contribution < 1.29 is 0 Å². The molecule has 5 heteroatoms. The van der Waals surface area contributed by atoms with Gasteiger partial charge in [-0.2, -0.15) is 16.9 Å². The van der Waals surface area contributed by atoms with E-state index in [2.05, 4.69) is 49.0 Å². The maximum atomic E-state index is 5.68. The molecule has 0 aliphatic carbocycles. The summed E-state index contributed by atoms with van der Waals surface area (Å²) in [5.74, 6) is 8.64. The van der Waals surface area contributed by atoms with Crippen LogP contribution in [0, 0.1) is 5.92 Å². The fourth-order valence-corrected chi connectivity index (χ4v) is 3.10. The predicted molar refractivity (Wildman–Crippen MR) is 84.3 cm³/mol. The number of hydrogen-bond donors (Lipinski definition) is 2. The molecule has 0 aliphatic heterocycles. The van der Waals surface area contributed by atoms with Crippen molar-refractivity contribution in [3.8, 4) is 0 Å². The molecule has 19 heavy (non-hydrogen) atoms. The largest absolute Gasteiger partial charge is 0.271 e. The number of aryl methyl sites for hydroxylation is 2. The van der Waals surface area contributed by atoms with E-state index >= 15 is 0 Å². The Kier molecular flexibility index (Phi) is 7.49. The fraction of sp³-hybridized carbons (Fsp3) is 0.786. The number of nitrogens with two attached hydrogens (primary N) is 1. The maximum absolute atomic E-state index is 5.68. The summed E-state index contributed by atoms with van der Waals surface area (Å²) < 4.78 is 2.09. The number of aromatic nitrogens is 2. The molecular formula is C14H28N4S. The summed E-state index contributed by atoms with van der Waals surface area (Å²) in [6.07, 6.45) is 1.94. The van der Waals surface area contributed by atoms with E-state index in [1.54, 1.807) is 0 Å². The molecule has 1 unspecified atom stereocenters. The Morgan fingerprint density at radius 1 is 1.37 bits per heavy atom. The van der Waals surface area contributed by atoms with Crippen molar-refractivity contribution in [2.75, 3.05) is 11.5 Å². The van der Waals surface area contributed by atoms with Crippen molar-refractivity contribution in [3.63, 3.8) is 0 Å². The van der Waals surface area contributed by atoms with Gasteiger partial charge in [-0.15, -0.1) is 0 Å². The van der Waals surface area contributed by atoms with E-state index in [0.717, 1.165) is 31.1 Å². The molecule has 3 N–H and O–H groups in total. The molecule has 0 fully saturated rings. The van der Waals surface area contributed by atoms with Crippen LogP contribution in [0.2, 0.25) is 0 Å². The average molecular weight is 284 g/mol. The van der Waals surface area contributed by atoms with E-state index < -0.39 is 0 Å². The van der Waals surface area contributed by atoms with Crippen molar-refractivity contribution in [1.29, 1.82) is 0 Å². The van der Waals surface area contributed by atoms with E-state index in [9.17, 15) is 0 Å². The van der Waals surface area contributed by atoms with E-state index in [4.69, 9.17) is 5.84 Å². The van der Waals surface area contributed by atoms with Crippen LogP contribution in [0.1, 0.15) is 39.1 Å². The number of rotatable bonds is 9. The first-order valence-electron chi connectivity index (χ1n) is 7.20. The highest BCUT2D eigenvalue weighted by Crippen LogP contribution is 2.13. The molecule has 4 nitrogen and oxygen atoms in total. The number of hydrazine groups is 1. The summed E-state index contributed by atoms with van der Waals surface area (Å²) in [6, 6.07) is 2.52. The van der Waals surface area contributed by atoms with Crippen LogP contribution in [0.15, 0.2) is 6.07 Å². The summed E-state index contributed by atoms with van der Waals surface area (Å²) in [6.45, 7) is 9.69. The minimum atomic E-state index is 0.315. The second kappa shape index (κ2) is 8.61. The van der Waals surface area contributed by atoms with Crippen molar-refractivity contribution >= 4 is 11.8 Å². The van der Waals surface area contributed by atoms with Crippen LogP contribution in [-0.4, -0.2) is 27.3 Å². The van der Waals surface area contributed by atoms with Crippen LogP contribution in [0.3, 0.4) is 0 Å². The summed E-state index contributed by atoms with van der Waals surface area (Å²) in [4.78, 5) is 0. The predicted octanol–water partition coefficient (Wildman–Crippen LogP) is 2.23. The Balaban J connectivity index is 2.56. The minimum Gasteiger partial charge on any atom is -0.271 e. The molecular weight excluding hydrogens is 256 g/mol. The molecule has 1 rings (SSSR count). The van der Waals surface area contributed by atoms with Gasteiger partial charge in [-0.05, 0) is 31.1 Å². The third-order valence-electron chi connectivity index (χ3n) is 3.04. The Labute approximate surface area is 121 Å². The van der Waals surface area contributed by atoms with Gasteiger partial charge >= 0.3 is 0 Å². The molecule has 0 radical (unpaired) electrons. The Hall–Kier alpha value is -0.520. The highest BCUT2D eigenvalue weighted by atomic mass is 32.2. The minimum absolute atomic E-state index is 0.315. The normalized spacial score (nSPS) is 13.2. The SMILES string of the molecule is CCc1cc(CC(CSCC(C)C)NN)n(CC)n1. The Morgan fingerprint density at radius 3 is 2.63 bits per heavy atom. The van der Waals surface area contributed by atoms with Gasteiger partial charge in [0.2, 0.25) is 0 Å². The van der Waals surface area contributed by atoms with Crippen LogP contribution < -0.4 is 11.3 Å². The monoisotopic (exact) mass is 284 g/mol. The van der Waals surface area contributed by atoms with E-state index in [0.29, 0.717) is 6.04 Å². The number of thioether (sulfide) groups is 1. The molecule has 0 aliphatic rings. The first kappa shape index (κ1) is 16.5. The van der Waals surface area contributed by atoms with Crippen LogP contribution in [0.4, 0.5) is 0 Å². The molecule has 0 aromatic carbocycles. The van der Waals surface area contributed by atoms with Gasteiger partial charge in [0.1, 0.15) is 0 Å². The van der Waals surface area contributed by atoms with Crippen molar-refractivity contribution in [2.45, 2.75) is 53.1 Å². The highest BCUT2D eigenvalue weighted by Gasteiger charge is 2.13. The molecule has 1 aromatic rings. The Morgan fingerprint density at radius 2 is 2.11 bits per heavy atom. The molecule has 110 valence electrons. The molecule has 1 heterocycles. The van der Waals surface area contributed by atoms with Crippen molar-refractivity contribution in [1.82, 2.24) is 15.2 Å². The Bertz CT molecular complexity index is 362. The van der Waals surface area contributed by atoms with Gasteiger partial charge < -0.3 is 0 Å². The summed E-state index contributed by atoms with van der Waals surface area (Å²) >= 11 is 1.97. The fourth-order valence-electron chi connectivity index (χ4n) is 1.99. The van der Waals surface area contributed by atoms with Crippen LogP contribution in [0.5, 0.6) is 0 Å². The molecule has 1 atom stereocenters. The topological polar surface area (TPSA) is 55.9 Å². The quantitative estimate of drug-likeness (QED) is 0.539. The smallest absolute Gasteiger partial charge is 0.0624 e. The molecule has 0 saturated carbocycles. The maximum Gasteiger partial charge on any atom is 0.0624 e. The lowest BCUT2D eigenvalue weighted by atomic mass is 10.1. The standard InChI is InChI=1S/C14H28N4S/c1-5-12-7-14(18(6-2)17-12)8-13(16-15)10-19-9-11(3)4/h7,11,13,16H,5-6,8-10,15H2,1-4H3. The van der Waals surface area contributed by atoms with E-state index in [-0.39, 0.29) is 0 Å². The van der Waals surface area contributed by atoms with Gasteiger partial charge in [0, 0.05) is 30.5 Å². The van der Waals surface area contributed by atoms with E-state index in [1.165, 1.54) is 17.1 Å². The molecule has 0 amide bonds. The van der Waals surface area contributed by atoms with Gasteiger partial charge in [0.25, 0.3) is 0 Å². The highest BCUT2D eigenvalue weighted by molar-refractivity contribution is 7.99. The van der Waals surface area contributed by atoms with Gasteiger partial charge in [-0.25, -0.2) is 0 Å². The van der Waals surface area contributed by atoms with Gasteiger partial charge in [0.15, 0.2) is 0 Å². The second-order valence-electron chi connectivity index (χ2n) is 5.30. The van der Waals surface area contributed by atoms with Gasteiger partial charge in [0.05, 0.1) is 5.69 Å². The van der Waals surface area contributed by atoms with Gasteiger partial charge in [-0.1, -0.05) is 20.8 Å². The van der Waals surface area contributed by atoms with Crippen molar-refractivity contribution in [2.24, 2.45) is 11.8 Å². The lowest BCUT2D eigenvalue weighted by Gasteiger charge is -2.16. The second-order valence-corrected chi connectivity index (χ2v) is 6.37. The third kappa shape index (κ3) is 5.55. The number of nitrogens with one attached hydrogen (secondary N) is 1. The zero-order valence-electron chi connectivity index (χ0n) is 12.6. The van der Waals surface area contributed by atoms with Crippen LogP contribution >= 0.6 is 11.8 Å². The van der Waals surface area contributed by atoms with Crippen molar-refractivity contribution in [3.05, 3.63) is 17.5 Å². The van der Waals surface area contributed by atoms with E-state index in [1.807, 2.05) is 11.8 Å². The van der Waals surface area contributed by atoms with Gasteiger partial charge in [-0.3, -0.25) is 16.0 Å². The average Bonchev–Trinajstić information content (AvgIpc) is 2.79. The zero-order chi connectivity index (χ0) is 14.3. The van der Waals surface area contributed by atoms with Crippen LogP contribution in [-0.2, 0) is 19.4 Å². The zero-order valence-corrected chi connectivity index (χ0v) is 13.5. The summed E-state index contributed by atoms with van der Waals surface area (Å²) in [5, 5.41) is 4.58. The van der Waals surface area contributed by atoms with Crippen LogP contribution in [0.25, 0.3) is 0 Å². The molecule has 0 spiro atoms. The molecule has 0 saturated heterocycles. The number of nitrogens with zero attached hydrogens (tertiary/aromatic N) is 2. The first-order chi connectivity index (χ1) is 9.10. The lowest BCUT2D eigenvalue weighted by molar-refractivity contribution is 0.533. The lowest BCUT2D eigenvalue weighted by Crippen LogP contribution is -2.39. The molecule has 1 aromatic heterocycles. The number of hydrogen-bond acceptors (Lipinski definition) is 4. The summed E-state index contributed by atoms with van der Waals surface area (Å²) in [5.41, 5.74) is 5.39. The third-order valence-corrected chi connectivity index (χ3v) is 4.58. The first-order valence-corrected chi connectivity index (χ1v) is 8.35.